The van der Waals surface area contributed by atoms with E-state index in [2.05, 4.69) is 16.0 Å². The van der Waals surface area contributed by atoms with Gasteiger partial charge in [0.25, 0.3) is 0 Å². The predicted molar refractivity (Wildman–Crippen MR) is 148 cm³/mol. The van der Waals surface area contributed by atoms with Crippen LogP contribution in [0.3, 0.4) is 0 Å². The molecule has 0 bridgehead atoms. The average molecular weight is 664 g/mol. The summed E-state index contributed by atoms with van der Waals surface area (Å²) in [5.74, 6) is -13.3. The van der Waals surface area contributed by atoms with E-state index >= 15 is 0 Å². The Balaban J connectivity index is 6.07. The summed E-state index contributed by atoms with van der Waals surface area (Å²) >= 11 is 0. The van der Waals surface area contributed by atoms with Gasteiger partial charge in [-0.1, -0.05) is 0 Å². The fraction of sp³-hybridized carbons (Fsp3) is 0.600. The van der Waals surface area contributed by atoms with Crippen molar-refractivity contribution in [3.05, 3.63) is 0 Å². The first kappa shape index (κ1) is 40.7. The predicted octanol–water partition coefficient (Wildman–Crippen LogP) is -3.34. The number of hydrogen-bond donors (Lipinski definition) is 11. The summed E-state index contributed by atoms with van der Waals surface area (Å²) in [4.78, 5) is 118. The number of rotatable bonds is 24. The Bertz CT molecular complexity index is 1180. The van der Waals surface area contributed by atoms with Gasteiger partial charge in [0.1, 0.15) is 24.2 Å². The smallest absolute Gasteiger partial charge is 0.326 e. The maximum Gasteiger partial charge on any atom is 0.326 e. The summed E-state index contributed by atoms with van der Waals surface area (Å²) in [5.41, 5.74) is 5.62. The van der Waals surface area contributed by atoms with Crippen LogP contribution in [-0.4, -0.2) is 120 Å². The maximum absolute atomic E-state index is 13.2. The van der Waals surface area contributed by atoms with Crippen LogP contribution in [0.2, 0.25) is 0 Å². The lowest BCUT2D eigenvalue weighted by atomic mass is 10.0. The molecule has 5 atom stereocenters. The molecule has 0 aromatic rings. The Morgan fingerprint density at radius 1 is 0.391 bits per heavy atom. The summed E-state index contributed by atoms with van der Waals surface area (Å²) < 4.78 is 0. The first-order valence-electron chi connectivity index (χ1n) is 13.6. The maximum atomic E-state index is 13.2. The highest BCUT2D eigenvalue weighted by atomic mass is 16.4. The van der Waals surface area contributed by atoms with Crippen LogP contribution in [0.1, 0.15) is 64.2 Å². The largest absolute Gasteiger partial charge is 0.481 e. The lowest BCUT2D eigenvalue weighted by molar-refractivity contribution is -0.144. The van der Waals surface area contributed by atoms with Gasteiger partial charge < -0.3 is 57.6 Å². The summed E-state index contributed by atoms with van der Waals surface area (Å²) in [6, 6.07) is -8.40. The molecular formula is C25H37N5O16. The zero-order valence-electron chi connectivity index (χ0n) is 24.3. The van der Waals surface area contributed by atoms with Gasteiger partial charge in [0.15, 0.2) is 0 Å². The van der Waals surface area contributed by atoms with Gasteiger partial charge in [-0.25, -0.2) is 4.79 Å². The third-order valence-electron chi connectivity index (χ3n) is 6.11. The first-order chi connectivity index (χ1) is 21.3. The monoisotopic (exact) mass is 663 g/mol. The van der Waals surface area contributed by atoms with Crippen molar-refractivity contribution >= 4 is 59.4 Å². The van der Waals surface area contributed by atoms with Crippen molar-refractivity contribution in [3.8, 4) is 0 Å². The Morgan fingerprint density at radius 3 is 0.913 bits per heavy atom. The molecule has 0 saturated heterocycles. The zero-order chi connectivity index (χ0) is 35.6. The van der Waals surface area contributed by atoms with Crippen LogP contribution in [0.4, 0.5) is 0 Å². The minimum Gasteiger partial charge on any atom is -0.481 e. The third kappa shape index (κ3) is 17.7. The molecule has 0 aliphatic heterocycles. The Labute approximate surface area is 259 Å². The van der Waals surface area contributed by atoms with Crippen molar-refractivity contribution in [2.24, 2.45) is 5.73 Å². The van der Waals surface area contributed by atoms with Gasteiger partial charge in [0.05, 0.1) is 6.04 Å². The molecule has 0 saturated carbocycles. The third-order valence-corrected chi connectivity index (χ3v) is 6.11. The lowest BCUT2D eigenvalue weighted by Crippen LogP contribution is -2.58. The highest BCUT2D eigenvalue weighted by Crippen LogP contribution is 2.08. The molecule has 21 heteroatoms. The van der Waals surface area contributed by atoms with Crippen molar-refractivity contribution in [2.45, 2.75) is 94.4 Å². The number of carboxylic acids is 6. The van der Waals surface area contributed by atoms with Crippen LogP contribution in [0.25, 0.3) is 0 Å². The second kappa shape index (κ2) is 20.6. The van der Waals surface area contributed by atoms with Gasteiger partial charge in [-0.3, -0.25) is 43.2 Å². The van der Waals surface area contributed by atoms with E-state index in [0.29, 0.717) is 0 Å². The summed E-state index contributed by atoms with van der Waals surface area (Å²) in [7, 11) is 0. The molecule has 12 N–H and O–H groups in total. The zero-order valence-corrected chi connectivity index (χ0v) is 24.3. The number of aliphatic carboxylic acids is 6. The van der Waals surface area contributed by atoms with E-state index in [-0.39, 0.29) is 6.42 Å². The number of hydrogen-bond acceptors (Lipinski definition) is 11. The van der Waals surface area contributed by atoms with Crippen LogP contribution >= 0.6 is 0 Å². The molecule has 0 fully saturated rings. The highest BCUT2D eigenvalue weighted by molar-refractivity contribution is 5.96. The van der Waals surface area contributed by atoms with Crippen LogP contribution in [-0.2, 0) is 47.9 Å². The molecule has 0 unspecified atom stereocenters. The van der Waals surface area contributed by atoms with Crippen molar-refractivity contribution in [3.63, 3.8) is 0 Å². The van der Waals surface area contributed by atoms with Crippen molar-refractivity contribution < 1.29 is 78.6 Å². The first-order valence-corrected chi connectivity index (χ1v) is 13.6. The number of carboxylic acid groups (broad SMARTS) is 6. The van der Waals surface area contributed by atoms with E-state index < -0.39 is 147 Å². The van der Waals surface area contributed by atoms with Crippen LogP contribution in [0.5, 0.6) is 0 Å². The minimum atomic E-state index is -1.78. The van der Waals surface area contributed by atoms with E-state index in [1.165, 1.54) is 0 Å². The normalized spacial score (nSPS) is 13.8. The summed E-state index contributed by atoms with van der Waals surface area (Å²) in [6.45, 7) is 0. The number of amides is 4. The van der Waals surface area contributed by atoms with Crippen LogP contribution < -0.4 is 27.0 Å². The molecule has 21 nitrogen and oxygen atoms in total. The molecule has 258 valence electrons. The van der Waals surface area contributed by atoms with Crippen molar-refractivity contribution in [1.82, 2.24) is 21.3 Å². The SMILES string of the molecule is N[C@@H](CCC(=O)O)C(=O)N[C@@H](CCC(=O)O)C(=O)N[C@@H](CCC(=O)O)C(=O)N[C@@H](CCC(=O)O)C(=O)N[C@@H](CCC(=O)O)C(=O)O. The van der Waals surface area contributed by atoms with E-state index in [1.54, 1.807) is 0 Å². The van der Waals surface area contributed by atoms with Gasteiger partial charge in [-0.15, -0.1) is 0 Å². The molecule has 0 aliphatic rings. The number of carbonyl (C=O) groups is 10. The Morgan fingerprint density at radius 2 is 0.630 bits per heavy atom. The Kier molecular flexibility index (Phi) is 18.2. The molecule has 0 radical (unpaired) electrons. The molecule has 0 spiro atoms. The fourth-order valence-electron chi connectivity index (χ4n) is 3.64. The summed E-state index contributed by atoms with van der Waals surface area (Å²) in [5, 5.41) is 62.4. The van der Waals surface area contributed by atoms with Crippen LogP contribution in [0, 0.1) is 0 Å². The number of carbonyl (C=O) groups excluding carboxylic acids is 4. The van der Waals surface area contributed by atoms with Gasteiger partial charge in [-0.05, 0) is 32.1 Å². The molecule has 0 aromatic heterocycles. The van der Waals surface area contributed by atoms with Crippen molar-refractivity contribution in [2.75, 3.05) is 0 Å². The van der Waals surface area contributed by atoms with E-state index in [0.717, 1.165) is 0 Å². The molecule has 0 aromatic carbocycles. The molecule has 0 rings (SSSR count). The second-order valence-electron chi connectivity index (χ2n) is 9.85. The van der Waals surface area contributed by atoms with Gasteiger partial charge in [0, 0.05) is 32.1 Å². The van der Waals surface area contributed by atoms with Gasteiger partial charge in [-0.2, -0.15) is 0 Å². The van der Waals surface area contributed by atoms with Crippen molar-refractivity contribution in [1.29, 1.82) is 0 Å². The standard InChI is InChI=1S/C25H37N5O16/c26-11(1-6-16(31)32)21(41)27-12(2-7-17(33)34)22(42)28-13(3-8-18(35)36)23(43)29-14(4-9-19(37)38)24(44)30-15(25(45)46)5-10-20(39)40/h11-15H,1-10,26H2,(H,27,41)(H,28,42)(H,29,43)(H,30,44)(H,31,32)(H,33,34)(H,35,36)(H,37,38)(H,39,40)(H,45,46)/t11-,12-,13-,14-,15-/m0/s1. The quantitative estimate of drug-likeness (QED) is 0.0480. The average Bonchev–Trinajstić information content (AvgIpc) is 2.94. The van der Waals surface area contributed by atoms with E-state index in [9.17, 15) is 53.1 Å². The minimum absolute atomic E-state index is 0.350. The van der Waals surface area contributed by atoms with E-state index in [1.807, 2.05) is 5.32 Å². The fourth-order valence-corrected chi connectivity index (χ4v) is 3.64. The van der Waals surface area contributed by atoms with Crippen LogP contribution in [0.15, 0.2) is 0 Å². The molecular weight excluding hydrogens is 626 g/mol. The molecule has 0 aliphatic carbocycles. The topological polar surface area (TPSA) is 366 Å². The number of nitrogens with two attached hydrogens (primary N) is 1. The lowest BCUT2D eigenvalue weighted by Gasteiger charge is -2.26. The Hall–Kier alpha value is -5.34. The molecule has 0 heterocycles. The second-order valence-corrected chi connectivity index (χ2v) is 9.85. The number of nitrogens with one attached hydrogen (secondary N) is 4. The summed E-state index contributed by atoms with van der Waals surface area (Å²) in [6.07, 6.45) is -6.07. The van der Waals surface area contributed by atoms with Gasteiger partial charge in [0.2, 0.25) is 23.6 Å². The molecule has 46 heavy (non-hydrogen) atoms. The highest BCUT2D eigenvalue weighted by Gasteiger charge is 2.32. The van der Waals surface area contributed by atoms with E-state index in [4.69, 9.17) is 31.3 Å². The van der Waals surface area contributed by atoms with Gasteiger partial charge >= 0.3 is 35.8 Å². The molecule has 4 amide bonds.